The topological polar surface area (TPSA) is 49.2 Å². The van der Waals surface area contributed by atoms with Gasteiger partial charge in [0.25, 0.3) is 0 Å². The van der Waals surface area contributed by atoms with E-state index in [1.807, 2.05) is 30.5 Å². The average molecular weight is 304 g/mol. The molecule has 0 unspecified atom stereocenters. The van der Waals surface area contributed by atoms with Gasteiger partial charge in [-0.05, 0) is 12.1 Å². The first-order chi connectivity index (χ1) is 10.3. The van der Waals surface area contributed by atoms with E-state index < -0.39 is 0 Å². The number of para-hydroxylation sites is 2. The van der Waals surface area contributed by atoms with E-state index >= 15 is 0 Å². The summed E-state index contributed by atoms with van der Waals surface area (Å²) in [6.07, 6.45) is 3.60. The zero-order valence-electron chi connectivity index (χ0n) is 11.5. The van der Waals surface area contributed by atoms with Crippen molar-refractivity contribution in [1.29, 1.82) is 0 Å². The molecule has 0 fully saturated rings. The second-order valence-electron chi connectivity index (χ2n) is 4.45. The highest BCUT2D eigenvalue weighted by Gasteiger charge is 2.09. The van der Waals surface area contributed by atoms with E-state index in [-0.39, 0.29) is 0 Å². The summed E-state index contributed by atoms with van der Waals surface area (Å²) in [6, 6.07) is 9.46. The molecule has 0 amide bonds. The van der Waals surface area contributed by atoms with E-state index in [2.05, 4.69) is 10.1 Å². The molecule has 108 valence electrons. The Morgan fingerprint density at radius 3 is 2.95 bits per heavy atom. The SMILES string of the molecule is COCCOc1ccccc1-n1cc2cnc(Cl)cc2n1. The highest BCUT2D eigenvalue weighted by atomic mass is 35.5. The van der Waals surface area contributed by atoms with E-state index in [1.165, 1.54) is 0 Å². The van der Waals surface area contributed by atoms with Crippen LogP contribution in [0.3, 0.4) is 0 Å². The number of ether oxygens (including phenoxy) is 2. The third-order valence-corrected chi connectivity index (χ3v) is 3.22. The Hall–Kier alpha value is -2.11. The first-order valence-corrected chi connectivity index (χ1v) is 6.88. The second-order valence-corrected chi connectivity index (χ2v) is 4.84. The molecular weight excluding hydrogens is 290 g/mol. The highest BCUT2D eigenvalue weighted by molar-refractivity contribution is 6.29. The van der Waals surface area contributed by atoms with Crippen LogP contribution < -0.4 is 4.74 Å². The number of hydrogen-bond donors (Lipinski definition) is 0. The molecule has 2 heterocycles. The molecule has 0 spiro atoms. The van der Waals surface area contributed by atoms with Crippen molar-refractivity contribution in [2.24, 2.45) is 0 Å². The van der Waals surface area contributed by atoms with Gasteiger partial charge in [0, 0.05) is 31.0 Å². The lowest BCUT2D eigenvalue weighted by atomic mass is 10.3. The Bertz CT molecular complexity index is 758. The van der Waals surface area contributed by atoms with Gasteiger partial charge in [0.2, 0.25) is 0 Å². The second kappa shape index (κ2) is 6.11. The molecule has 0 atom stereocenters. The van der Waals surface area contributed by atoms with Crippen molar-refractivity contribution < 1.29 is 9.47 Å². The number of halogens is 1. The van der Waals surface area contributed by atoms with Crippen molar-refractivity contribution >= 4 is 22.5 Å². The monoisotopic (exact) mass is 303 g/mol. The van der Waals surface area contributed by atoms with Gasteiger partial charge in [0.05, 0.1) is 12.1 Å². The minimum absolute atomic E-state index is 0.428. The minimum Gasteiger partial charge on any atom is -0.489 e. The molecule has 5 nitrogen and oxygen atoms in total. The van der Waals surface area contributed by atoms with Crippen LogP contribution in [0.2, 0.25) is 5.15 Å². The molecule has 3 rings (SSSR count). The maximum Gasteiger partial charge on any atom is 0.145 e. The Labute approximate surface area is 127 Å². The molecule has 3 aromatic rings. The van der Waals surface area contributed by atoms with E-state index in [0.29, 0.717) is 18.4 Å². The van der Waals surface area contributed by atoms with E-state index in [4.69, 9.17) is 21.1 Å². The highest BCUT2D eigenvalue weighted by Crippen LogP contribution is 2.24. The summed E-state index contributed by atoms with van der Waals surface area (Å²) < 4.78 is 12.5. The fraction of sp³-hybridized carbons (Fsp3) is 0.200. The van der Waals surface area contributed by atoms with Crippen molar-refractivity contribution in [2.75, 3.05) is 20.3 Å². The Kier molecular flexibility index (Phi) is 4.03. The first-order valence-electron chi connectivity index (χ1n) is 6.50. The van der Waals surface area contributed by atoms with Crippen LogP contribution in [-0.4, -0.2) is 35.1 Å². The van der Waals surface area contributed by atoms with Crippen molar-refractivity contribution in [3.05, 3.63) is 47.9 Å². The van der Waals surface area contributed by atoms with Gasteiger partial charge in [0.1, 0.15) is 23.2 Å². The van der Waals surface area contributed by atoms with Gasteiger partial charge in [-0.25, -0.2) is 9.67 Å². The van der Waals surface area contributed by atoms with Crippen molar-refractivity contribution in [2.45, 2.75) is 0 Å². The zero-order chi connectivity index (χ0) is 14.7. The molecule has 0 radical (unpaired) electrons. The lowest BCUT2D eigenvalue weighted by Crippen LogP contribution is -2.07. The van der Waals surface area contributed by atoms with Crippen molar-refractivity contribution in [3.63, 3.8) is 0 Å². The molecule has 0 aliphatic rings. The zero-order valence-corrected chi connectivity index (χ0v) is 12.2. The normalized spacial score (nSPS) is 11.0. The molecule has 2 aromatic heterocycles. The van der Waals surface area contributed by atoms with Crippen molar-refractivity contribution in [1.82, 2.24) is 14.8 Å². The third-order valence-electron chi connectivity index (χ3n) is 3.01. The van der Waals surface area contributed by atoms with Gasteiger partial charge >= 0.3 is 0 Å². The van der Waals surface area contributed by atoms with E-state index in [1.54, 1.807) is 24.1 Å². The molecule has 0 saturated heterocycles. The summed E-state index contributed by atoms with van der Waals surface area (Å²) in [4.78, 5) is 4.06. The number of fused-ring (bicyclic) bond motifs is 1. The van der Waals surface area contributed by atoms with E-state index in [0.717, 1.165) is 22.3 Å². The van der Waals surface area contributed by atoms with Crippen LogP contribution in [0.4, 0.5) is 0 Å². The smallest absolute Gasteiger partial charge is 0.145 e. The van der Waals surface area contributed by atoms with Gasteiger partial charge in [-0.15, -0.1) is 0 Å². The fourth-order valence-electron chi connectivity index (χ4n) is 2.02. The van der Waals surface area contributed by atoms with Crippen LogP contribution >= 0.6 is 11.6 Å². The van der Waals surface area contributed by atoms with Gasteiger partial charge in [-0.2, -0.15) is 5.10 Å². The molecule has 0 bridgehead atoms. The van der Waals surface area contributed by atoms with Crippen LogP contribution in [0, 0.1) is 0 Å². The van der Waals surface area contributed by atoms with Crippen LogP contribution in [0.15, 0.2) is 42.7 Å². The number of nitrogens with zero attached hydrogens (tertiary/aromatic N) is 3. The molecule has 0 saturated carbocycles. The molecule has 0 aliphatic heterocycles. The number of methoxy groups -OCH3 is 1. The van der Waals surface area contributed by atoms with Crippen LogP contribution in [0.25, 0.3) is 16.6 Å². The molecule has 0 aliphatic carbocycles. The van der Waals surface area contributed by atoms with Crippen LogP contribution in [0.5, 0.6) is 5.75 Å². The average Bonchev–Trinajstić information content (AvgIpc) is 2.91. The summed E-state index contributed by atoms with van der Waals surface area (Å²) in [6.45, 7) is 1.02. The fourth-order valence-corrected chi connectivity index (χ4v) is 2.17. The van der Waals surface area contributed by atoms with Crippen molar-refractivity contribution in [3.8, 4) is 11.4 Å². The molecule has 6 heteroatoms. The number of benzene rings is 1. The van der Waals surface area contributed by atoms with Crippen LogP contribution in [0.1, 0.15) is 0 Å². The quantitative estimate of drug-likeness (QED) is 0.537. The standard InChI is InChI=1S/C15H14ClN3O2/c1-20-6-7-21-14-5-3-2-4-13(14)19-10-11-9-17-15(16)8-12(11)18-19/h2-5,8-10H,6-7H2,1H3. The van der Waals surface area contributed by atoms with Gasteiger partial charge < -0.3 is 9.47 Å². The molecule has 21 heavy (non-hydrogen) atoms. The summed E-state index contributed by atoms with van der Waals surface area (Å²) >= 11 is 5.89. The van der Waals surface area contributed by atoms with Crippen LogP contribution in [-0.2, 0) is 4.74 Å². The number of pyridine rings is 1. The molecular formula is C15H14ClN3O2. The summed E-state index contributed by atoms with van der Waals surface area (Å²) in [5.41, 5.74) is 1.66. The molecule has 1 aromatic carbocycles. The van der Waals surface area contributed by atoms with Gasteiger partial charge in [-0.3, -0.25) is 0 Å². The predicted octanol–water partition coefficient (Wildman–Crippen LogP) is 3.10. The van der Waals surface area contributed by atoms with Gasteiger partial charge in [-0.1, -0.05) is 23.7 Å². The number of aromatic nitrogens is 3. The third kappa shape index (κ3) is 2.99. The first kappa shape index (κ1) is 13.9. The predicted molar refractivity (Wildman–Crippen MR) is 81.2 cm³/mol. The number of hydrogen-bond acceptors (Lipinski definition) is 4. The maximum atomic E-state index is 5.89. The summed E-state index contributed by atoms with van der Waals surface area (Å²) in [5, 5.41) is 5.86. The largest absolute Gasteiger partial charge is 0.489 e. The Morgan fingerprint density at radius 1 is 1.24 bits per heavy atom. The Balaban J connectivity index is 1.97. The Morgan fingerprint density at radius 2 is 2.10 bits per heavy atom. The number of rotatable bonds is 5. The van der Waals surface area contributed by atoms with E-state index in [9.17, 15) is 0 Å². The lowest BCUT2D eigenvalue weighted by molar-refractivity contribution is 0.146. The van der Waals surface area contributed by atoms with Gasteiger partial charge in [0.15, 0.2) is 0 Å². The minimum atomic E-state index is 0.428. The maximum absolute atomic E-state index is 5.89. The molecule has 0 N–H and O–H groups in total. The lowest BCUT2D eigenvalue weighted by Gasteiger charge is -2.10. The summed E-state index contributed by atoms with van der Waals surface area (Å²) in [5.74, 6) is 0.751. The summed E-state index contributed by atoms with van der Waals surface area (Å²) in [7, 11) is 1.65.